The predicted molar refractivity (Wildman–Crippen MR) is 95.2 cm³/mol. The molecule has 0 aliphatic carbocycles. The summed E-state index contributed by atoms with van der Waals surface area (Å²) in [5.41, 5.74) is -0.381. The fraction of sp³-hybridized carbons (Fsp3) is 0.526. The van der Waals surface area contributed by atoms with Crippen LogP contribution in [0.3, 0.4) is 0 Å². The van der Waals surface area contributed by atoms with E-state index in [4.69, 9.17) is 4.74 Å². The van der Waals surface area contributed by atoms with Crippen molar-refractivity contribution in [2.45, 2.75) is 44.9 Å². The minimum Gasteiger partial charge on any atom is -0.372 e. The Kier molecular flexibility index (Phi) is 5.00. The van der Waals surface area contributed by atoms with Crippen LogP contribution in [-0.2, 0) is 19.9 Å². The first-order valence-electron chi connectivity index (χ1n) is 9.00. The smallest absolute Gasteiger partial charge is 0.325 e. The number of nitrogens with zero attached hydrogens (tertiary/aromatic N) is 2. The van der Waals surface area contributed by atoms with E-state index in [2.05, 4.69) is 5.32 Å². The number of hydrogen-bond donors (Lipinski definition) is 1. The Hall–Kier alpha value is -2.41. The molecule has 2 aliphatic heterocycles. The van der Waals surface area contributed by atoms with Crippen molar-refractivity contribution < 1.29 is 19.1 Å². The zero-order valence-corrected chi connectivity index (χ0v) is 15.4. The Morgan fingerprint density at radius 2 is 1.81 bits per heavy atom. The van der Waals surface area contributed by atoms with Gasteiger partial charge in [-0.15, -0.1) is 0 Å². The molecular weight excluding hydrogens is 334 g/mol. The molecule has 2 aliphatic rings. The molecule has 2 saturated heterocycles. The molecule has 7 nitrogen and oxygen atoms in total. The van der Waals surface area contributed by atoms with Gasteiger partial charge >= 0.3 is 6.03 Å². The van der Waals surface area contributed by atoms with Gasteiger partial charge in [0.1, 0.15) is 12.1 Å². The largest absolute Gasteiger partial charge is 0.372 e. The van der Waals surface area contributed by atoms with Crippen molar-refractivity contribution in [3.63, 3.8) is 0 Å². The van der Waals surface area contributed by atoms with E-state index in [-0.39, 0.29) is 30.6 Å². The lowest BCUT2D eigenvalue weighted by atomic mass is 9.87. The second-order valence-electron chi connectivity index (χ2n) is 7.00. The number of morpholine rings is 1. The molecular formula is C19H25N3O4. The quantitative estimate of drug-likeness (QED) is 0.826. The summed E-state index contributed by atoms with van der Waals surface area (Å²) in [6, 6.07) is 8.63. The lowest BCUT2D eigenvalue weighted by molar-refractivity contribution is -0.147. The molecule has 1 N–H and O–H groups in total. The van der Waals surface area contributed by atoms with E-state index in [1.54, 1.807) is 4.90 Å². The standard InChI is InChI=1S/C19H25N3O4/c1-4-19(15-8-6-5-7-9-15)17(24)22(18(25)20-19)12-16(23)21-10-13(2)26-14(3)11-21/h5-9,13-14H,4,10-12H2,1-3H3,(H,20,25)/t13-,14+,19-/m1/s1. The fourth-order valence-electron chi connectivity index (χ4n) is 3.75. The number of imide groups is 1. The first-order chi connectivity index (χ1) is 12.4. The number of carbonyl (C=O) groups excluding carboxylic acids is 3. The lowest BCUT2D eigenvalue weighted by Crippen LogP contribution is -2.52. The summed E-state index contributed by atoms with van der Waals surface area (Å²) in [5.74, 6) is -0.616. The summed E-state index contributed by atoms with van der Waals surface area (Å²) in [4.78, 5) is 40.9. The minimum atomic E-state index is -1.11. The zero-order chi connectivity index (χ0) is 18.9. The number of carbonyl (C=O) groups is 3. The Labute approximate surface area is 153 Å². The average Bonchev–Trinajstić information content (AvgIpc) is 2.86. The van der Waals surface area contributed by atoms with Crippen molar-refractivity contribution in [1.82, 2.24) is 15.1 Å². The zero-order valence-electron chi connectivity index (χ0n) is 15.4. The van der Waals surface area contributed by atoms with E-state index < -0.39 is 11.6 Å². The van der Waals surface area contributed by atoms with Crippen molar-refractivity contribution in [1.29, 1.82) is 0 Å². The van der Waals surface area contributed by atoms with Crippen LogP contribution in [0, 0.1) is 0 Å². The van der Waals surface area contributed by atoms with E-state index in [1.165, 1.54) is 0 Å². The third-order valence-corrected chi connectivity index (χ3v) is 5.04. The topological polar surface area (TPSA) is 79.0 Å². The van der Waals surface area contributed by atoms with Gasteiger partial charge in [0.2, 0.25) is 5.91 Å². The molecule has 0 aromatic heterocycles. The van der Waals surface area contributed by atoms with Gasteiger partial charge in [0.15, 0.2) is 0 Å². The van der Waals surface area contributed by atoms with Gasteiger partial charge in [0.25, 0.3) is 5.91 Å². The van der Waals surface area contributed by atoms with Gasteiger partial charge in [-0.25, -0.2) is 4.79 Å². The molecule has 3 rings (SSSR count). The molecule has 1 aromatic carbocycles. The molecule has 0 radical (unpaired) electrons. The minimum absolute atomic E-state index is 0.0649. The highest BCUT2D eigenvalue weighted by atomic mass is 16.5. The van der Waals surface area contributed by atoms with E-state index in [0.29, 0.717) is 19.5 Å². The van der Waals surface area contributed by atoms with Crippen LogP contribution in [0.5, 0.6) is 0 Å². The number of urea groups is 1. The highest BCUT2D eigenvalue weighted by Crippen LogP contribution is 2.32. The third-order valence-electron chi connectivity index (χ3n) is 5.04. The Balaban J connectivity index is 1.78. The maximum Gasteiger partial charge on any atom is 0.325 e. The van der Waals surface area contributed by atoms with Crippen molar-refractivity contribution in [3.8, 4) is 0 Å². The van der Waals surface area contributed by atoms with Crippen molar-refractivity contribution in [2.24, 2.45) is 0 Å². The van der Waals surface area contributed by atoms with Gasteiger partial charge in [0, 0.05) is 13.1 Å². The van der Waals surface area contributed by atoms with Crippen LogP contribution < -0.4 is 5.32 Å². The van der Waals surface area contributed by atoms with Crippen LogP contribution >= 0.6 is 0 Å². The number of amides is 4. The Morgan fingerprint density at radius 1 is 1.19 bits per heavy atom. The predicted octanol–water partition coefficient (Wildman–Crippen LogP) is 1.48. The number of rotatable bonds is 4. The van der Waals surface area contributed by atoms with E-state index in [1.807, 2.05) is 51.1 Å². The molecule has 26 heavy (non-hydrogen) atoms. The normalized spacial score (nSPS) is 29.0. The van der Waals surface area contributed by atoms with Gasteiger partial charge in [0.05, 0.1) is 12.2 Å². The molecule has 140 valence electrons. The average molecular weight is 359 g/mol. The monoisotopic (exact) mass is 359 g/mol. The van der Waals surface area contributed by atoms with E-state index in [0.717, 1.165) is 10.5 Å². The van der Waals surface area contributed by atoms with E-state index in [9.17, 15) is 14.4 Å². The summed E-state index contributed by atoms with van der Waals surface area (Å²) in [6.07, 6.45) is 0.285. The lowest BCUT2D eigenvalue weighted by Gasteiger charge is -2.35. The van der Waals surface area contributed by atoms with Crippen molar-refractivity contribution in [2.75, 3.05) is 19.6 Å². The first kappa shape index (κ1) is 18.4. The molecule has 0 unspecified atom stereocenters. The van der Waals surface area contributed by atoms with Crippen LogP contribution in [0.1, 0.15) is 32.8 Å². The van der Waals surface area contributed by atoms with Crippen LogP contribution in [0.4, 0.5) is 4.79 Å². The number of benzene rings is 1. The first-order valence-corrected chi connectivity index (χ1v) is 9.00. The highest BCUT2D eigenvalue weighted by Gasteiger charge is 2.51. The van der Waals surface area contributed by atoms with Gasteiger partial charge < -0.3 is 15.0 Å². The van der Waals surface area contributed by atoms with Gasteiger partial charge in [-0.05, 0) is 25.8 Å². The van der Waals surface area contributed by atoms with Crippen LogP contribution in [-0.4, -0.2) is 59.5 Å². The van der Waals surface area contributed by atoms with Gasteiger partial charge in [-0.1, -0.05) is 37.3 Å². The fourth-order valence-corrected chi connectivity index (χ4v) is 3.75. The third kappa shape index (κ3) is 3.19. The summed E-state index contributed by atoms with van der Waals surface area (Å²) in [7, 11) is 0. The summed E-state index contributed by atoms with van der Waals surface area (Å²) in [5, 5.41) is 2.80. The van der Waals surface area contributed by atoms with Crippen LogP contribution in [0.2, 0.25) is 0 Å². The van der Waals surface area contributed by atoms with Gasteiger partial charge in [-0.2, -0.15) is 0 Å². The maximum absolute atomic E-state index is 13.1. The summed E-state index contributed by atoms with van der Waals surface area (Å²) < 4.78 is 5.63. The molecule has 0 spiro atoms. The molecule has 0 bridgehead atoms. The molecule has 3 atom stereocenters. The second kappa shape index (κ2) is 7.07. The Bertz CT molecular complexity index is 698. The van der Waals surface area contributed by atoms with Crippen LogP contribution in [0.25, 0.3) is 0 Å². The van der Waals surface area contributed by atoms with Crippen molar-refractivity contribution in [3.05, 3.63) is 35.9 Å². The number of nitrogens with one attached hydrogen (secondary N) is 1. The summed E-state index contributed by atoms with van der Waals surface area (Å²) in [6.45, 7) is 6.33. The summed E-state index contributed by atoms with van der Waals surface area (Å²) >= 11 is 0. The number of hydrogen-bond acceptors (Lipinski definition) is 4. The molecule has 7 heteroatoms. The number of ether oxygens (including phenoxy) is 1. The Morgan fingerprint density at radius 3 is 2.38 bits per heavy atom. The van der Waals surface area contributed by atoms with Crippen LogP contribution in [0.15, 0.2) is 30.3 Å². The maximum atomic E-state index is 13.1. The molecule has 2 heterocycles. The molecule has 1 aromatic rings. The second-order valence-corrected chi connectivity index (χ2v) is 7.00. The SMILES string of the molecule is CC[C@]1(c2ccccc2)NC(=O)N(CC(=O)N2C[C@@H](C)O[C@@H](C)C2)C1=O. The molecule has 2 fully saturated rings. The highest BCUT2D eigenvalue weighted by molar-refractivity contribution is 6.09. The molecule has 4 amide bonds. The molecule has 0 saturated carbocycles. The van der Waals surface area contributed by atoms with Gasteiger partial charge in [-0.3, -0.25) is 14.5 Å². The van der Waals surface area contributed by atoms with Crippen molar-refractivity contribution >= 4 is 17.8 Å². The van der Waals surface area contributed by atoms with E-state index >= 15 is 0 Å².